The zero-order valence-corrected chi connectivity index (χ0v) is 17.3. The Hall–Kier alpha value is -1.64. The van der Waals surface area contributed by atoms with Crippen LogP contribution in [0.4, 0.5) is 0 Å². The minimum atomic E-state index is -3.72. The van der Waals surface area contributed by atoms with E-state index >= 15 is 0 Å². The van der Waals surface area contributed by atoms with Crippen LogP contribution in [0.1, 0.15) is 43.0 Å². The first kappa shape index (κ1) is 21.7. The van der Waals surface area contributed by atoms with Gasteiger partial charge in [0.15, 0.2) is 6.61 Å². The van der Waals surface area contributed by atoms with Gasteiger partial charge in [-0.05, 0) is 37.0 Å². The Morgan fingerprint density at radius 3 is 2.56 bits per heavy atom. The molecule has 2 atom stereocenters. The van der Waals surface area contributed by atoms with E-state index in [1.807, 2.05) is 0 Å². The third kappa shape index (κ3) is 5.43. The van der Waals surface area contributed by atoms with Crippen LogP contribution in [0.5, 0.6) is 0 Å². The Balaban J connectivity index is 2.02. The smallest absolute Gasteiger partial charge is 0.340 e. The molecule has 0 unspecified atom stereocenters. The standard InChI is InChI=1S/C18H25ClN2O5S/c1-12-6-4-5-7-16(12)20-17(22)11-26-18(23)14-10-13(8-9-15(14)19)27(24,25)21(2)3/h8-10,12,16H,4-7,11H2,1-3H3,(H,20,22)/t12-,16-/m0/s1. The van der Waals surface area contributed by atoms with Crippen molar-refractivity contribution >= 4 is 33.5 Å². The fourth-order valence-corrected chi connectivity index (χ4v) is 4.14. The van der Waals surface area contributed by atoms with E-state index in [0.717, 1.165) is 36.1 Å². The summed E-state index contributed by atoms with van der Waals surface area (Å²) in [5.74, 6) is -0.835. The van der Waals surface area contributed by atoms with Gasteiger partial charge in [-0.1, -0.05) is 31.4 Å². The van der Waals surface area contributed by atoms with Crippen molar-refractivity contribution in [3.05, 3.63) is 28.8 Å². The summed E-state index contributed by atoms with van der Waals surface area (Å²) in [6.07, 6.45) is 4.20. The number of ether oxygens (including phenoxy) is 1. The highest BCUT2D eigenvalue weighted by Crippen LogP contribution is 2.24. The number of benzene rings is 1. The van der Waals surface area contributed by atoms with E-state index in [1.165, 1.54) is 26.2 Å². The van der Waals surface area contributed by atoms with Crippen molar-refractivity contribution < 1.29 is 22.7 Å². The predicted molar refractivity (Wildman–Crippen MR) is 102 cm³/mol. The number of amides is 1. The lowest BCUT2D eigenvalue weighted by Crippen LogP contribution is -2.42. The average Bonchev–Trinajstić information content (AvgIpc) is 2.61. The van der Waals surface area contributed by atoms with Crippen molar-refractivity contribution in [2.75, 3.05) is 20.7 Å². The molecule has 7 nitrogen and oxygen atoms in total. The Labute approximate surface area is 165 Å². The van der Waals surface area contributed by atoms with Gasteiger partial charge in [-0.3, -0.25) is 4.79 Å². The van der Waals surface area contributed by atoms with Gasteiger partial charge in [0.05, 0.1) is 15.5 Å². The quantitative estimate of drug-likeness (QED) is 0.719. The maximum absolute atomic E-state index is 12.3. The number of nitrogens with one attached hydrogen (secondary N) is 1. The number of esters is 1. The molecule has 1 aliphatic rings. The number of halogens is 1. The number of sulfonamides is 1. The number of rotatable bonds is 6. The molecule has 0 saturated heterocycles. The lowest BCUT2D eigenvalue weighted by Gasteiger charge is -2.29. The molecule has 1 amide bonds. The molecule has 0 heterocycles. The molecule has 1 aromatic rings. The maximum Gasteiger partial charge on any atom is 0.340 e. The zero-order chi connectivity index (χ0) is 20.2. The van der Waals surface area contributed by atoms with Crippen molar-refractivity contribution in [1.82, 2.24) is 9.62 Å². The van der Waals surface area contributed by atoms with E-state index in [0.29, 0.717) is 5.92 Å². The van der Waals surface area contributed by atoms with Crippen molar-refractivity contribution in [2.45, 2.75) is 43.5 Å². The van der Waals surface area contributed by atoms with Gasteiger partial charge in [0.2, 0.25) is 10.0 Å². The third-order valence-corrected chi connectivity index (χ3v) is 6.87. The van der Waals surface area contributed by atoms with Gasteiger partial charge < -0.3 is 10.1 Å². The van der Waals surface area contributed by atoms with Gasteiger partial charge in [0.1, 0.15) is 0 Å². The highest BCUT2D eigenvalue weighted by atomic mass is 35.5. The molecule has 2 rings (SSSR count). The number of hydrogen-bond acceptors (Lipinski definition) is 5. The Morgan fingerprint density at radius 2 is 1.93 bits per heavy atom. The molecule has 1 aromatic carbocycles. The summed E-state index contributed by atoms with van der Waals surface area (Å²) < 4.78 is 30.5. The molecule has 1 aliphatic carbocycles. The van der Waals surface area contributed by atoms with Crippen molar-refractivity contribution in [3.63, 3.8) is 0 Å². The summed E-state index contributed by atoms with van der Waals surface area (Å²) in [6, 6.07) is 3.87. The highest BCUT2D eigenvalue weighted by Gasteiger charge is 2.24. The van der Waals surface area contributed by atoms with Gasteiger partial charge in [-0.15, -0.1) is 0 Å². The highest BCUT2D eigenvalue weighted by molar-refractivity contribution is 7.89. The predicted octanol–water partition coefficient (Wildman–Crippen LogP) is 2.44. The molecule has 9 heteroatoms. The minimum absolute atomic E-state index is 0.0546. The Kier molecular flexibility index (Phi) is 7.25. The lowest BCUT2D eigenvalue weighted by atomic mass is 9.86. The number of carbonyl (C=O) groups excluding carboxylic acids is 2. The average molecular weight is 417 g/mol. The second-order valence-electron chi connectivity index (χ2n) is 6.94. The van der Waals surface area contributed by atoms with Crippen LogP contribution in [0.15, 0.2) is 23.1 Å². The number of carbonyl (C=O) groups is 2. The van der Waals surface area contributed by atoms with Gasteiger partial charge in [-0.25, -0.2) is 17.5 Å². The van der Waals surface area contributed by atoms with E-state index < -0.39 is 22.6 Å². The fraction of sp³-hybridized carbons (Fsp3) is 0.556. The second-order valence-corrected chi connectivity index (χ2v) is 9.50. The monoisotopic (exact) mass is 416 g/mol. The zero-order valence-electron chi connectivity index (χ0n) is 15.7. The Bertz CT molecular complexity index is 810. The molecule has 0 bridgehead atoms. The second kappa shape index (κ2) is 9.03. The molecule has 0 radical (unpaired) electrons. The summed E-state index contributed by atoms with van der Waals surface area (Å²) in [7, 11) is -0.944. The van der Waals surface area contributed by atoms with Gasteiger partial charge in [-0.2, -0.15) is 0 Å². The van der Waals surface area contributed by atoms with Crippen LogP contribution >= 0.6 is 11.6 Å². The number of nitrogens with zero attached hydrogens (tertiary/aromatic N) is 1. The van der Waals surface area contributed by atoms with Crippen LogP contribution in [0.2, 0.25) is 5.02 Å². The largest absolute Gasteiger partial charge is 0.452 e. The van der Waals surface area contributed by atoms with Gasteiger partial charge in [0.25, 0.3) is 5.91 Å². The van der Waals surface area contributed by atoms with Gasteiger partial charge >= 0.3 is 5.97 Å². The summed E-state index contributed by atoms with van der Waals surface area (Å²) in [4.78, 5) is 24.3. The van der Waals surface area contributed by atoms with Crippen molar-refractivity contribution in [1.29, 1.82) is 0 Å². The van der Waals surface area contributed by atoms with E-state index in [1.54, 1.807) is 0 Å². The molecule has 0 aliphatic heterocycles. The Morgan fingerprint density at radius 1 is 1.26 bits per heavy atom. The maximum atomic E-state index is 12.3. The normalized spacial score (nSPS) is 20.3. The van der Waals surface area contributed by atoms with E-state index in [4.69, 9.17) is 16.3 Å². The fourth-order valence-electron chi connectivity index (χ4n) is 3.02. The topological polar surface area (TPSA) is 92.8 Å². The number of hydrogen-bond donors (Lipinski definition) is 1. The first-order valence-electron chi connectivity index (χ1n) is 8.81. The molecule has 1 fully saturated rings. The summed E-state index contributed by atoms with van der Waals surface area (Å²) in [5.41, 5.74) is -0.0987. The molecule has 0 spiro atoms. The molecular weight excluding hydrogens is 392 g/mol. The summed E-state index contributed by atoms with van der Waals surface area (Å²) in [5, 5.41) is 2.94. The third-order valence-electron chi connectivity index (χ3n) is 4.73. The molecule has 150 valence electrons. The van der Waals surface area contributed by atoms with E-state index in [2.05, 4.69) is 12.2 Å². The summed E-state index contributed by atoms with van der Waals surface area (Å²) >= 11 is 6.00. The van der Waals surface area contributed by atoms with Crippen LogP contribution in [-0.2, 0) is 19.6 Å². The molecular formula is C18H25ClN2O5S. The summed E-state index contributed by atoms with van der Waals surface area (Å²) in [6.45, 7) is 1.65. The van der Waals surface area contributed by atoms with Crippen LogP contribution in [-0.4, -0.2) is 51.3 Å². The molecule has 0 aromatic heterocycles. The lowest BCUT2D eigenvalue weighted by molar-refractivity contribution is -0.125. The van der Waals surface area contributed by atoms with E-state index in [9.17, 15) is 18.0 Å². The molecule has 1 N–H and O–H groups in total. The van der Waals surface area contributed by atoms with Crippen molar-refractivity contribution in [3.8, 4) is 0 Å². The van der Waals surface area contributed by atoms with E-state index in [-0.39, 0.29) is 27.4 Å². The van der Waals surface area contributed by atoms with Gasteiger partial charge in [0, 0.05) is 20.1 Å². The minimum Gasteiger partial charge on any atom is -0.452 e. The SMILES string of the molecule is C[C@H]1CCCC[C@@H]1NC(=O)COC(=O)c1cc(S(=O)(=O)N(C)C)ccc1Cl. The van der Waals surface area contributed by atoms with Crippen LogP contribution < -0.4 is 5.32 Å². The van der Waals surface area contributed by atoms with Crippen LogP contribution in [0.25, 0.3) is 0 Å². The van der Waals surface area contributed by atoms with Crippen LogP contribution in [0, 0.1) is 5.92 Å². The molecule has 1 saturated carbocycles. The first-order valence-corrected chi connectivity index (χ1v) is 10.6. The molecule has 27 heavy (non-hydrogen) atoms. The van der Waals surface area contributed by atoms with Crippen molar-refractivity contribution in [2.24, 2.45) is 5.92 Å². The van der Waals surface area contributed by atoms with Crippen LogP contribution in [0.3, 0.4) is 0 Å². The first-order chi connectivity index (χ1) is 12.6.